The molecule has 0 heterocycles. The Balaban J connectivity index is 2.32. The third kappa shape index (κ3) is 3.69. The van der Waals surface area contributed by atoms with Crippen LogP contribution in [0.15, 0.2) is 23.1 Å². The molecule has 1 N–H and O–H groups in total. The lowest BCUT2D eigenvalue weighted by Crippen LogP contribution is -2.51. The molecule has 20 heavy (non-hydrogen) atoms. The van der Waals surface area contributed by atoms with Crippen molar-refractivity contribution < 1.29 is 8.42 Å². The maximum absolute atomic E-state index is 12.6. The molecule has 0 radical (unpaired) electrons. The highest BCUT2D eigenvalue weighted by Gasteiger charge is 2.36. The number of halogens is 3. The van der Waals surface area contributed by atoms with Crippen LogP contribution in [0.5, 0.6) is 0 Å². The Hall–Kier alpha value is 0.190. The topological polar surface area (TPSA) is 46.2 Å². The molecule has 0 unspecified atom stereocenters. The van der Waals surface area contributed by atoms with Crippen LogP contribution in [-0.2, 0) is 10.0 Å². The fourth-order valence-electron chi connectivity index (χ4n) is 2.51. The maximum atomic E-state index is 12.6. The molecule has 1 aliphatic rings. The molecule has 1 aliphatic carbocycles. The summed E-state index contributed by atoms with van der Waals surface area (Å²) in [6.07, 6.45) is 4.86. The molecular weight excluding hydrogens is 385 g/mol. The van der Waals surface area contributed by atoms with E-state index in [1.807, 2.05) is 0 Å². The molecule has 0 bridgehead atoms. The number of nitrogens with one attached hydrogen (secondary N) is 1. The van der Waals surface area contributed by atoms with Gasteiger partial charge in [0.1, 0.15) is 4.90 Å². The molecule has 1 fully saturated rings. The van der Waals surface area contributed by atoms with E-state index >= 15 is 0 Å². The minimum absolute atomic E-state index is 0.0394. The van der Waals surface area contributed by atoms with Gasteiger partial charge in [0.25, 0.3) is 0 Å². The van der Waals surface area contributed by atoms with Crippen LogP contribution in [0, 0.1) is 0 Å². The van der Waals surface area contributed by atoms with Crippen molar-refractivity contribution >= 4 is 49.2 Å². The quantitative estimate of drug-likeness (QED) is 0.762. The smallest absolute Gasteiger partial charge is 0.207 e. The summed E-state index contributed by atoms with van der Waals surface area (Å²) in [5, 5.41) is 1.13. The first kappa shape index (κ1) is 16.6. The lowest BCUT2D eigenvalue weighted by Gasteiger charge is -2.36. The fourth-order valence-corrected chi connectivity index (χ4v) is 5.62. The van der Waals surface area contributed by atoms with Crippen LogP contribution in [0.1, 0.15) is 32.1 Å². The second kappa shape index (κ2) is 6.53. The Morgan fingerprint density at radius 3 is 2.45 bits per heavy atom. The third-order valence-electron chi connectivity index (χ3n) is 3.60. The first-order valence-electron chi connectivity index (χ1n) is 6.44. The fraction of sp³-hybridized carbons (Fsp3) is 0.538. The summed E-state index contributed by atoms with van der Waals surface area (Å²) in [7, 11) is -3.68. The summed E-state index contributed by atoms with van der Waals surface area (Å²) in [5.41, 5.74) is -0.428. The number of hydrogen-bond donors (Lipinski definition) is 1. The zero-order chi connectivity index (χ0) is 14.8. The van der Waals surface area contributed by atoms with Gasteiger partial charge in [-0.25, -0.2) is 13.1 Å². The van der Waals surface area contributed by atoms with Crippen LogP contribution in [0.3, 0.4) is 0 Å². The van der Waals surface area contributed by atoms with Crippen LogP contribution in [0.2, 0.25) is 10.0 Å². The predicted molar refractivity (Wildman–Crippen MR) is 86.4 cm³/mol. The summed E-state index contributed by atoms with van der Waals surface area (Å²) in [5.74, 6) is 0. The van der Waals surface area contributed by atoms with Gasteiger partial charge < -0.3 is 0 Å². The predicted octanol–water partition coefficient (Wildman–Crippen LogP) is 4.37. The molecule has 1 aromatic rings. The third-order valence-corrected chi connectivity index (χ3v) is 6.97. The van der Waals surface area contributed by atoms with Gasteiger partial charge in [-0.1, -0.05) is 58.4 Å². The van der Waals surface area contributed by atoms with Crippen molar-refractivity contribution in [2.24, 2.45) is 0 Å². The second-order valence-corrected chi connectivity index (χ2v) is 8.21. The highest BCUT2D eigenvalue weighted by atomic mass is 79.9. The molecule has 1 aromatic carbocycles. The second-order valence-electron chi connectivity index (χ2n) is 5.15. The molecular formula is C13H16BrCl2NO2S. The number of alkyl halides is 1. The minimum atomic E-state index is -3.68. The maximum Gasteiger partial charge on any atom is 0.242 e. The van der Waals surface area contributed by atoms with Crippen LogP contribution in [0.25, 0.3) is 0 Å². The van der Waals surface area contributed by atoms with E-state index in [9.17, 15) is 8.42 Å². The summed E-state index contributed by atoms with van der Waals surface area (Å²) < 4.78 is 28.0. The van der Waals surface area contributed by atoms with Crippen LogP contribution in [0.4, 0.5) is 0 Å². The Bertz CT molecular complexity index is 586. The monoisotopic (exact) mass is 399 g/mol. The Kier molecular flexibility index (Phi) is 5.40. The molecule has 112 valence electrons. The van der Waals surface area contributed by atoms with Crippen molar-refractivity contribution in [3.8, 4) is 0 Å². The van der Waals surface area contributed by atoms with Gasteiger partial charge in [-0.2, -0.15) is 0 Å². The zero-order valence-corrected chi connectivity index (χ0v) is 14.7. The van der Waals surface area contributed by atoms with Gasteiger partial charge in [0.15, 0.2) is 0 Å². The summed E-state index contributed by atoms with van der Waals surface area (Å²) >= 11 is 15.3. The largest absolute Gasteiger partial charge is 0.242 e. The number of hydrogen-bond acceptors (Lipinski definition) is 2. The van der Waals surface area contributed by atoms with Gasteiger partial charge in [-0.3, -0.25) is 0 Å². The summed E-state index contributed by atoms with van der Waals surface area (Å²) in [4.78, 5) is 0.0394. The van der Waals surface area contributed by atoms with E-state index in [2.05, 4.69) is 20.7 Å². The average Bonchev–Trinajstić information content (AvgIpc) is 2.42. The van der Waals surface area contributed by atoms with E-state index in [-0.39, 0.29) is 9.92 Å². The van der Waals surface area contributed by atoms with Crippen molar-refractivity contribution in [1.82, 2.24) is 4.72 Å². The van der Waals surface area contributed by atoms with Crippen LogP contribution in [-0.4, -0.2) is 19.3 Å². The summed E-state index contributed by atoms with van der Waals surface area (Å²) in [6, 6.07) is 4.46. The van der Waals surface area contributed by atoms with Gasteiger partial charge in [0, 0.05) is 15.9 Å². The number of benzene rings is 1. The molecule has 2 rings (SSSR count). The Morgan fingerprint density at radius 1 is 1.20 bits per heavy atom. The first-order chi connectivity index (χ1) is 9.38. The van der Waals surface area contributed by atoms with Gasteiger partial charge in [0.05, 0.1) is 5.02 Å². The summed E-state index contributed by atoms with van der Waals surface area (Å²) in [6.45, 7) is 0. The van der Waals surface area contributed by atoms with Crippen LogP contribution >= 0.6 is 39.1 Å². The van der Waals surface area contributed by atoms with E-state index in [1.165, 1.54) is 12.1 Å². The van der Waals surface area contributed by atoms with Gasteiger partial charge in [-0.05, 0) is 31.0 Å². The van der Waals surface area contributed by atoms with E-state index in [4.69, 9.17) is 23.2 Å². The standard InChI is InChI=1S/C13H16BrCl2NO2S/c14-9-13(6-2-1-3-7-13)17-20(18,19)12-8-10(15)4-5-11(12)16/h4-5,8,17H,1-3,6-7,9H2. The van der Waals surface area contributed by atoms with Crippen molar-refractivity contribution in [1.29, 1.82) is 0 Å². The molecule has 0 aromatic heterocycles. The molecule has 0 amide bonds. The van der Waals surface area contributed by atoms with Crippen molar-refractivity contribution in [3.63, 3.8) is 0 Å². The lowest BCUT2D eigenvalue weighted by molar-refractivity contribution is 0.301. The Labute approximate surface area is 138 Å². The molecule has 1 saturated carbocycles. The molecule has 3 nitrogen and oxygen atoms in total. The normalized spacial score (nSPS) is 18.9. The molecule has 0 saturated heterocycles. The molecule has 0 atom stereocenters. The number of sulfonamides is 1. The van der Waals surface area contributed by atoms with Gasteiger partial charge in [0.2, 0.25) is 10.0 Å². The molecule has 0 aliphatic heterocycles. The average molecular weight is 401 g/mol. The van der Waals surface area contributed by atoms with Crippen LogP contribution < -0.4 is 4.72 Å². The Morgan fingerprint density at radius 2 is 1.85 bits per heavy atom. The first-order valence-corrected chi connectivity index (χ1v) is 9.80. The lowest BCUT2D eigenvalue weighted by atomic mass is 9.84. The van der Waals surface area contributed by atoms with Crippen molar-refractivity contribution in [2.75, 3.05) is 5.33 Å². The minimum Gasteiger partial charge on any atom is -0.207 e. The highest BCUT2D eigenvalue weighted by molar-refractivity contribution is 9.09. The van der Waals surface area contributed by atoms with Crippen molar-refractivity contribution in [3.05, 3.63) is 28.2 Å². The van der Waals surface area contributed by atoms with Crippen molar-refractivity contribution in [2.45, 2.75) is 42.5 Å². The van der Waals surface area contributed by atoms with Gasteiger partial charge >= 0.3 is 0 Å². The highest BCUT2D eigenvalue weighted by Crippen LogP contribution is 2.33. The van der Waals surface area contributed by atoms with E-state index in [1.54, 1.807) is 6.07 Å². The molecule has 7 heteroatoms. The van der Waals surface area contributed by atoms with Gasteiger partial charge in [-0.15, -0.1) is 0 Å². The van der Waals surface area contributed by atoms with E-state index in [0.29, 0.717) is 10.4 Å². The zero-order valence-electron chi connectivity index (χ0n) is 10.8. The van der Waals surface area contributed by atoms with E-state index < -0.39 is 15.6 Å². The SMILES string of the molecule is O=S(=O)(NC1(CBr)CCCCC1)c1cc(Cl)ccc1Cl. The molecule has 0 spiro atoms. The number of rotatable bonds is 4. The van der Waals surface area contributed by atoms with E-state index in [0.717, 1.165) is 32.1 Å².